The molecule has 7 heteroatoms. The van der Waals surface area contributed by atoms with E-state index in [0.717, 1.165) is 62.8 Å². The van der Waals surface area contributed by atoms with Crippen LogP contribution in [0, 0.1) is 5.92 Å². The number of methoxy groups -OCH3 is 1. The van der Waals surface area contributed by atoms with Gasteiger partial charge in [0.15, 0.2) is 17.5 Å². The van der Waals surface area contributed by atoms with Gasteiger partial charge in [-0.25, -0.2) is 0 Å². The first-order valence-electron chi connectivity index (χ1n) is 11.1. The fourth-order valence-electron chi connectivity index (χ4n) is 5.10. The lowest BCUT2D eigenvalue weighted by molar-refractivity contribution is -0.146. The highest BCUT2D eigenvalue weighted by Crippen LogP contribution is 2.43. The number of nitrogens with one attached hydrogen (secondary N) is 1. The van der Waals surface area contributed by atoms with Gasteiger partial charge in [0.1, 0.15) is 0 Å². The van der Waals surface area contributed by atoms with Crippen molar-refractivity contribution in [2.45, 2.75) is 50.4 Å². The Bertz CT molecular complexity index is 781. The molecule has 164 valence electrons. The lowest BCUT2D eigenvalue weighted by atomic mass is 9.69. The van der Waals surface area contributed by atoms with Gasteiger partial charge in [-0.3, -0.25) is 9.79 Å². The topological polar surface area (TPSA) is 72.4 Å². The minimum Gasteiger partial charge on any atom is -0.469 e. The molecule has 0 aromatic heterocycles. The maximum Gasteiger partial charge on any atom is 0.308 e. The number of likely N-dealkylation sites (tertiary alicyclic amines) is 1. The number of hydrogen-bond donors (Lipinski definition) is 1. The third kappa shape index (κ3) is 4.20. The summed E-state index contributed by atoms with van der Waals surface area (Å²) in [6.07, 6.45) is 7.68. The average molecular weight is 416 g/mol. The molecule has 3 aliphatic rings. The number of benzene rings is 1. The SMILES string of the molecule is CN=C(NCC1(c2ccc3c(c2)OCO3)CCCCC1)N1CCC(C(=O)OC)CC1. The van der Waals surface area contributed by atoms with Crippen molar-refractivity contribution in [3.63, 3.8) is 0 Å². The summed E-state index contributed by atoms with van der Waals surface area (Å²) in [5, 5.41) is 3.66. The van der Waals surface area contributed by atoms with Crippen LogP contribution in [-0.2, 0) is 14.9 Å². The Hall–Kier alpha value is -2.44. The second-order valence-corrected chi connectivity index (χ2v) is 8.59. The predicted molar refractivity (Wildman–Crippen MR) is 115 cm³/mol. The largest absolute Gasteiger partial charge is 0.469 e. The Kier molecular flexibility index (Phi) is 6.35. The Morgan fingerprint density at radius 2 is 1.93 bits per heavy atom. The number of piperidine rings is 1. The maximum absolute atomic E-state index is 11.8. The first-order chi connectivity index (χ1) is 14.6. The van der Waals surface area contributed by atoms with Gasteiger partial charge in [0.05, 0.1) is 13.0 Å². The molecule has 2 heterocycles. The molecule has 0 spiro atoms. The van der Waals surface area contributed by atoms with Gasteiger partial charge in [-0.2, -0.15) is 0 Å². The minimum atomic E-state index is -0.0958. The summed E-state index contributed by atoms with van der Waals surface area (Å²) in [7, 11) is 3.30. The minimum absolute atomic E-state index is 0.00248. The van der Waals surface area contributed by atoms with Crippen LogP contribution in [0.25, 0.3) is 0 Å². The number of carbonyl (C=O) groups is 1. The van der Waals surface area contributed by atoms with Crippen LogP contribution < -0.4 is 14.8 Å². The summed E-state index contributed by atoms with van der Waals surface area (Å²) in [6, 6.07) is 6.41. The first-order valence-corrected chi connectivity index (χ1v) is 11.1. The molecule has 0 bridgehead atoms. The monoisotopic (exact) mass is 415 g/mol. The van der Waals surface area contributed by atoms with E-state index >= 15 is 0 Å². The molecule has 1 aromatic rings. The lowest BCUT2D eigenvalue weighted by Crippen LogP contribution is -2.50. The summed E-state index contributed by atoms with van der Waals surface area (Å²) in [6.45, 7) is 2.78. The van der Waals surface area contributed by atoms with Crippen molar-refractivity contribution in [2.75, 3.05) is 40.6 Å². The Labute approximate surface area is 178 Å². The van der Waals surface area contributed by atoms with Crippen molar-refractivity contribution in [2.24, 2.45) is 10.9 Å². The highest BCUT2D eigenvalue weighted by molar-refractivity contribution is 5.80. The van der Waals surface area contributed by atoms with Crippen molar-refractivity contribution in [1.29, 1.82) is 0 Å². The molecule has 1 saturated carbocycles. The summed E-state index contributed by atoms with van der Waals surface area (Å²) < 4.78 is 16.1. The number of carbonyl (C=O) groups excluding carboxylic acids is 1. The number of fused-ring (bicyclic) bond motifs is 1. The van der Waals surface area contributed by atoms with Gasteiger partial charge in [-0.1, -0.05) is 25.3 Å². The molecular formula is C23H33N3O4. The highest BCUT2D eigenvalue weighted by Gasteiger charge is 2.36. The van der Waals surface area contributed by atoms with Gasteiger partial charge in [-0.05, 0) is 43.4 Å². The first kappa shape index (κ1) is 20.8. The molecule has 2 aliphatic heterocycles. The lowest BCUT2D eigenvalue weighted by Gasteiger charge is -2.40. The molecule has 0 amide bonds. The van der Waals surface area contributed by atoms with Gasteiger partial charge >= 0.3 is 5.97 Å². The maximum atomic E-state index is 11.8. The predicted octanol–water partition coefficient (Wildman–Crippen LogP) is 3.08. The van der Waals surface area contributed by atoms with E-state index in [1.165, 1.54) is 31.9 Å². The van der Waals surface area contributed by atoms with Crippen molar-refractivity contribution in [3.05, 3.63) is 23.8 Å². The van der Waals surface area contributed by atoms with E-state index in [1.807, 2.05) is 13.1 Å². The fourth-order valence-corrected chi connectivity index (χ4v) is 5.10. The molecule has 0 atom stereocenters. The number of aliphatic imine (C=N–C) groups is 1. The zero-order chi connectivity index (χ0) is 21.0. The van der Waals surface area contributed by atoms with Crippen molar-refractivity contribution < 1.29 is 19.0 Å². The molecule has 0 unspecified atom stereocenters. The van der Waals surface area contributed by atoms with Crippen molar-refractivity contribution in [3.8, 4) is 11.5 Å². The van der Waals surface area contributed by atoms with Gasteiger partial charge in [-0.15, -0.1) is 0 Å². The number of guanidine groups is 1. The molecule has 2 fully saturated rings. The van der Waals surface area contributed by atoms with Crippen LogP contribution in [0.15, 0.2) is 23.2 Å². The number of esters is 1. The summed E-state index contributed by atoms with van der Waals surface area (Å²) in [4.78, 5) is 18.6. The molecule has 1 N–H and O–H groups in total. The summed E-state index contributed by atoms with van der Waals surface area (Å²) in [5.74, 6) is 2.52. The Morgan fingerprint density at radius 1 is 1.20 bits per heavy atom. The number of hydrogen-bond acceptors (Lipinski definition) is 5. The van der Waals surface area contributed by atoms with Crippen molar-refractivity contribution in [1.82, 2.24) is 10.2 Å². The van der Waals surface area contributed by atoms with E-state index in [9.17, 15) is 4.79 Å². The van der Waals surface area contributed by atoms with Crippen LogP contribution in [-0.4, -0.2) is 57.4 Å². The zero-order valence-electron chi connectivity index (χ0n) is 18.1. The van der Waals surface area contributed by atoms with Crippen LogP contribution in [0.1, 0.15) is 50.5 Å². The van der Waals surface area contributed by atoms with E-state index in [0.29, 0.717) is 6.79 Å². The average Bonchev–Trinajstić information content (AvgIpc) is 3.28. The van der Waals surface area contributed by atoms with E-state index < -0.39 is 0 Å². The Balaban J connectivity index is 1.44. The number of ether oxygens (including phenoxy) is 3. The number of rotatable bonds is 4. The fraction of sp³-hybridized carbons (Fsp3) is 0.652. The van der Waals surface area contributed by atoms with Crippen LogP contribution in [0.5, 0.6) is 11.5 Å². The molecule has 7 nitrogen and oxygen atoms in total. The normalized spacial score (nSPS) is 21.4. The third-order valence-electron chi connectivity index (χ3n) is 6.92. The van der Waals surface area contributed by atoms with Gasteiger partial charge < -0.3 is 24.4 Å². The van der Waals surface area contributed by atoms with E-state index in [2.05, 4.69) is 27.3 Å². The second-order valence-electron chi connectivity index (χ2n) is 8.59. The van der Waals surface area contributed by atoms with Gasteiger partial charge in [0.25, 0.3) is 0 Å². The summed E-state index contributed by atoms with van der Waals surface area (Å²) >= 11 is 0. The Morgan fingerprint density at radius 3 is 2.63 bits per heavy atom. The van der Waals surface area contributed by atoms with Crippen LogP contribution >= 0.6 is 0 Å². The number of nitrogens with zero attached hydrogens (tertiary/aromatic N) is 2. The molecule has 0 radical (unpaired) electrons. The van der Waals surface area contributed by atoms with E-state index in [-0.39, 0.29) is 17.3 Å². The highest BCUT2D eigenvalue weighted by atomic mass is 16.7. The van der Waals surface area contributed by atoms with Gasteiger partial charge in [0, 0.05) is 32.1 Å². The zero-order valence-corrected chi connectivity index (χ0v) is 18.1. The summed E-state index contributed by atoms with van der Waals surface area (Å²) in [5.41, 5.74) is 1.39. The third-order valence-corrected chi connectivity index (χ3v) is 6.92. The standard InChI is InChI=1S/C23H33N3O4/c1-24-22(26-12-8-17(9-13-26)21(27)28-2)25-15-23(10-4-3-5-11-23)18-6-7-19-20(14-18)30-16-29-19/h6-7,14,17H,3-5,8-13,15-16H2,1-2H3,(H,24,25). The quantitative estimate of drug-likeness (QED) is 0.463. The molecule has 1 aromatic carbocycles. The van der Waals surface area contributed by atoms with E-state index in [4.69, 9.17) is 14.2 Å². The van der Waals surface area contributed by atoms with E-state index in [1.54, 1.807) is 0 Å². The molecule has 30 heavy (non-hydrogen) atoms. The molecule has 1 aliphatic carbocycles. The van der Waals surface area contributed by atoms with Crippen molar-refractivity contribution >= 4 is 11.9 Å². The van der Waals surface area contributed by atoms with Crippen LogP contribution in [0.2, 0.25) is 0 Å². The molecule has 4 rings (SSSR count). The van der Waals surface area contributed by atoms with Crippen LogP contribution in [0.3, 0.4) is 0 Å². The van der Waals surface area contributed by atoms with Crippen LogP contribution in [0.4, 0.5) is 0 Å². The second kappa shape index (κ2) is 9.14. The smallest absolute Gasteiger partial charge is 0.308 e. The molecule has 1 saturated heterocycles. The molecular weight excluding hydrogens is 382 g/mol. The van der Waals surface area contributed by atoms with Gasteiger partial charge in [0.2, 0.25) is 6.79 Å².